The molecule has 0 saturated carbocycles. The van der Waals surface area contributed by atoms with E-state index in [-0.39, 0.29) is 17.4 Å². The molecule has 1 spiro atoms. The summed E-state index contributed by atoms with van der Waals surface area (Å²) in [5.41, 5.74) is 2.52. The van der Waals surface area contributed by atoms with Crippen LogP contribution < -0.4 is 4.90 Å². The highest BCUT2D eigenvalue weighted by molar-refractivity contribution is 5.84. The highest BCUT2D eigenvalue weighted by atomic mass is 16.4. The van der Waals surface area contributed by atoms with Crippen LogP contribution in [0.1, 0.15) is 43.2 Å². The first-order chi connectivity index (χ1) is 16.7. The van der Waals surface area contributed by atoms with Crippen LogP contribution in [0.4, 0.5) is 5.82 Å². The van der Waals surface area contributed by atoms with Crippen molar-refractivity contribution in [2.24, 2.45) is 5.41 Å². The first kappa shape index (κ1) is 20.8. The molecule has 4 heterocycles. The average Bonchev–Trinajstić information content (AvgIpc) is 3.43. The summed E-state index contributed by atoms with van der Waals surface area (Å²) in [5, 5.41) is 8.00. The number of carbonyl (C=O) groups is 1. The zero-order valence-electron chi connectivity index (χ0n) is 18.9. The molecule has 1 atom stereocenters. The fraction of sp³-hybridized carbons (Fsp3) is 0.346. The number of piperidine rings is 2. The standard InChI is InChI=1S/C26H26N6O2/c33-25-26(12-14-31(15-13-26)23-16-27-20-8-4-5-9-21(20)29-23)11-10-22(24-30-28-18-34-24)32(25)17-19-6-2-1-3-7-19/h1-9,16,18,22H,10-15,17H2. The number of carbonyl (C=O) groups excluding carboxylic acids is 1. The summed E-state index contributed by atoms with van der Waals surface area (Å²) in [7, 11) is 0. The predicted molar refractivity (Wildman–Crippen MR) is 127 cm³/mol. The number of rotatable bonds is 4. The number of para-hydroxylation sites is 2. The van der Waals surface area contributed by atoms with Crippen LogP contribution in [0.25, 0.3) is 11.0 Å². The molecule has 2 fully saturated rings. The number of hydrogen-bond donors (Lipinski definition) is 0. The number of hydrogen-bond acceptors (Lipinski definition) is 7. The van der Waals surface area contributed by atoms with Crippen LogP contribution in [0.15, 0.2) is 71.6 Å². The van der Waals surface area contributed by atoms with E-state index in [0.29, 0.717) is 12.4 Å². The van der Waals surface area contributed by atoms with Crippen LogP contribution in [-0.2, 0) is 11.3 Å². The third-order valence-electron chi connectivity index (χ3n) is 7.33. The van der Waals surface area contributed by atoms with Gasteiger partial charge in [-0.15, -0.1) is 10.2 Å². The maximum absolute atomic E-state index is 14.0. The second kappa shape index (κ2) is 8.52. The van der Waals surface area contributed by atoms with Crippen molar-refractivity contribution >= 4 is 22.8 Å². The Balaban J connectivity index is 1.23. The maximum atomic E-state index is 14.0. The number of nitrogens with zero attached hydrogens (tertiary/aromatic N) is 6. The number of likely N-dealkylation sites (tertiary alicyclic amines) is 1. The topological polar surface area (TPSA) is 88.3 Å². The fourth-order valence-corrected chi connectivity index (χ4v) is 5.40. The highest BCUT2D eigenvalue weighted by Crippen LogP contribution is 2.47. The van der Waals surface area contributed by atoms with Crippen LogP contribution in [0.5, 0.6) is 0 Å². The smallest absolute Gasteiger partial charge is 0.238 e. The van der Waals surface area contributed by atoms with Gasteiger partial charge in [-0.1, -0.05) is 42.5 Å². The van der Waals surface area contributed by atoms with Crippen molar-refractivity contribution in [3.8, 4) is 0 Å². The number of amides is 1. The summed E-state index contributed by atoms with van der Waals surface area (Å²) < 4.78 is 5.54. The number of aromatic nitrogens is 4. The summed E-state index contributed by atoms with van der Waals surface area (Å²) in [6.45, 7) is 2.10. The van der Waals surface area contributed by atoms with Crippen LogP contribution in [0, 0.1) is 5.41 Å². The molecule has 172 valence electrons. The minimum Gasteiger partial charge on any atom is -0.426 e. The van der Waals surface area contributed by atoms with Gasteiger partial charge in [-0.2, -0.15) is 0 Å². The lowest BCUT2D eigenvalue weighted by molar-refractivity contribution is -0.154. The molecule has 1 unspecified atom stereocenters. The van der Waals surface area contributed by atoms with Crippen LogP contribution >= 0.6 is 0 Å². The number of fused-ring (bicyclic) bond motifs is 1. The lowest BCUT2D eigenvalue weighted by atomic mass is 9.70. The van der Waals surface area contributed by atoms with Gasteiger partial charge in [-0.05, 0) is 43.4 Å². The molecule has 2 aromatic heterocycles. The summed E-state index contributed by atoms with van der Waals surface area (Å²) >= 11 is 0. The first-order valence-electron chi connectivity index (χ1n) is 11.8. The SMILES string of the molecule is O=C1N(Cc2ccccc2)C(c2nnco2)CCC12CCN(c1cnc3ccccc3n1)CC2. The Kier molecular flexibility index (Phi) is 5.20. The zero-order chi connectivity index (χ0) is 23.0. The summed E-state index contributed by atoms with van der Waals surface area (Å²) in [6, 6.07) is 17.8. The molecule has 0 bridgehead atoms. The van der Waals surface area contributed by atoms with E-state index in [1.165, 1.54) is 6.39 Å². The van der Waals surface area contributed by atoms with Crippen LogP contribution in [0.2, 0.25) is 0 Å². The molecule has 0 N–H and O–H groups in total. The molecule has 2 saturated heterocycles. The molecular weight excluding hydrogens is 428 g/mol. The Bertz CT molecular complexity index is 1290. The molecule has 1 amide bonds. The molecule has 6 rings (SSSR count). The number of anilines is 1. The fourth-order valence-electron chi connectivity index (χ4n) is 5.40. The third kappa shape index (κ3) is 3.69. The van der Waals surface area contributed by atoms with Gasteiger partial charge in [-0.3, -0.25) is 9.78 Å². The van der Waals surface area contributed by atoms with Crippen molar-refractivity contribution in [3.63, 3.8) is 0 Å². The van der Waals surface area contributed by atoms with Gasteiger partial charge in [0, 0.05) is 19.6 Å². The van der Waals surface area contributed by atoms with Crippen LogP contribution in [0.3, 0.4) is 0 Å². The van der Waals surface area contributed by atoms with E-state index in [1.807, 2.05) is 53.6 Å². The van der Waals surface area contributed by atoms with Crippen molar-refractivity contribution < 1.29 is 9.21 Å². The van der Waals surface area contributed by atoms with E-state index >= 15 is 0 Å². The van der Waals surface area contributed by atoms with Crippen molar-refractivity contribution in [3.05, 3.63) is 78.6 Å². The van der Waals surface area contributed by atoms with Crippen molar-refractivity contribution in [1.29, 1.82) is 0 Å². The third-order valence-corrected chi connectivity index (χ3v) is 7.33. The Labute approximate surface area is 197 Å². The molecule has 2 aromatic carbocycles. The van der Waals surface area contributed by atoms with Gasteiger partial charge in [0.25, 0.3) is 0 Å². The van der Waals surface area contributed by atoms with Gasteiger partial charge in [0.05, 0.1) is 22.6 Å². The van der Waals surface area contributed by atoms with Gasteiger partial charge in [0.1, 0.15) is 11.9 Å². The Hall–Kier alpha value is -3.81. The van der Waals surface area contributed by atoms with Crippen molar-refractivity contribution in [2.45, 2.75) is 38.3 Å². The molecule has 8 nitrogen and oxygen atoms in total. The minimum atomic E-state index is -0.369. The van der Waals surface area contributed by atoms with E-state index in [9.17, 15) is 4.79 Å². The Morgan fingerprint density at radius 2 is 1.74 bits per heavy atom. The summed E-state index contributed by atoms with van der Waals surface area (Å²) in [4.78, 5) is 27.6. The molecule has 8 heteroatoms. The summed E-state index contributed by atoms with van der Waals surface area (Å²) in [5.74, 6) is 1.58. The predicted octanol–water partition coefficient (Wildman–Crippen LogP) is 4.16. The van der Waals surface area contributed by atoms with Gasteiger partial charge < -0.3 is 14.2 Å². The van der Waals surface area contributed by atoms with Gasteiger partial charge in [0.15, 0.2) is 0 Å². The molecule has 0 aliphatic carbocycles. The lowest BCUT2D eigenvalue weighted by Gasteiger charge is -2.48. The molecule has 2 aliphatic rings. The van der Waals surface area contributed by atoms with Gasteiger partial charge in [0.2, 0.25) is 18.2 Å². The quantitative estimate of drug-likeness (QED) is 0.457. The van der Waals surface area contributed by atoms with E-state index in [4.69, 9.17) is 9.40 Å². The van der Waals surface area contributed by atoms with E-state index in [0.717, 1.165) is 61.2 Å². The monoisotopic (exact) mass is 454 g/mol. The largest absolute Gasteiger partial charge is 0.426 e. The Morgan fingerprint density at radius 1 is 0.971 bits per heavy atom. The van der Waals surface area contributed by atoms with Gasteiger partial charge in [-0.25, -0.2) is 4.98 Å². The van der Waals surface area contributed by atoms with Gasteiger partial charge >= 0.3 is 0 Å². The Morgan fingerprint density at radius 3 is 2.50 bits per heavy atom. The van der Waals surface area contributed by atoms with E-state index in [1.54, 1.807) is 0 Å². The minimum absolute atomic E-state index is 0.190. The second-order valence-corrected chi connectivity index (χ2v) is 9.23. The zero-order valence-corrected chi connectivity index (χ0v) is 18.9. The van der Waals surface area contributed by atoms with Crippen molar-refractivity contribution in [2.75, 3.05) is 18.0 Å². The second-order valence-electron chi connectivity index (χ2n) is 9.23. The molecule has 34 heavy (non-hydrogen) atoms. The molecule has 2 aliphatic heterocycles. The molecule has 4 aromatic rings. The number of benzene rings is 2. The van der Waals surface area contributed by atoms with E-state index < -0.39 is 0 Å². The van der Waals surface area contributed by atoms with E-state index in [2.05, 4.69) is 32.2 Å². The lowest BCUT2D eigenvalue weighted by Crippen LogP contribution is -2.54. The normalized spacial score (nSPS) is 20.2. The van der Waals surface area contributed by atoms with Crippen molar-refractivity contribution in [1.82, 2.24) is 25.1 Å². The first-order valence-corrected chi connectivity index (χ1v) is 11.8. The molecule has 0 radical (unpaired) electrons. The maximum Gasteiger partial charge on any atom is 0.238 e. The van der Waals surface area contributed by atoms with Crippen LogP contribution in [-0.4, -0.2) is 44.1 Å². The summed E-state index contributed by atoms with van der Waals surface area (Å²) in [6.07, 6.45) is 6.41. The molecular formula is C26H26N6O2. The highest BCUT2D eigenvalue weighted by Gasteiger charge is 2.50. The average molecular weight is 455 g/mol.